The van der Waals surface area contributed by atoms with E-state index < -0.39 is 6.61 Å². The first-order valence-corrected chi connectivity index (χ1v) is 7.78. The monoisotopic (exact) mass is 350 g/mol. The van der Waals surface area contributed by atoms with Crippen LogP contribution in [0.5, 0.6) is 11.5 Å². The molecule has 0 radical (unpaired) electrons. The summed E-state index contributed by atoms with van der Waals surface area (Å²) in [6, 6.07) is 5.53. The Hall–Kier alpha value is -1.11. The molecule has 0 saturated carbocycles. The predicted octanol–water partition coefficient (Wildman–Crippen LogP) is 3.42. The van der Waals surface area contributed by atoms with Gasteiger partial charge in [-0.1, -0.05) is 12.5 Å². The van der Waals surface area contributed by atoms with Crippen LogP contribution in [0.1, 0.15) is 31.7 Å². The first kappa shape index (κ1) is 19.9. The Bertz CT molecular complexity index is 477. The standard InChI is InChI=1S/C16H24F2N2O2.ClH/c1-2-21-15-9-12(6-7-14(15)22-16(17)18)11-20-8-4-3-5-13(20)10-19;/h6-7,9,13,16H,2-5,8,10-11,19H2,1H3;1H. The Morgan fingerprint density at radius 3 is 2.74 bits per heavy atom. The normalized spacial score (nSPS) is 18.6. The molecule has 23 heavy (non-hydrogen) atoms. The Labute approximate surface area is 142 Å². The third-order valence-corrected chi connectivity index (χ3v) is 3.93. The highest BCUT2D eigenvalue weighted by atomic mass is 35.5. The second-order valence-corrected chi connectivity index (χ2v) is 5.45. The fourth-order valence-electron chi connectivity index (χ4n) is 2.88. The minimum atomic E-state index is -2.85. The first-order valence-electron chi connectivity index (χ1n) is 7.78. The van der Waals surface area contributed by atoms with Gasteiger partial charge >= 0.3 is 6.61 Å². The predicted molar refractivity (Wildman–Crippen MR) is 88.6 cm³/mol. The van der Waals surface area contributed by atoms with Crippen molar-refractivity contribution in [3.63, 3.8) is 0 Å². The van der Waals surface area contributed by atoms with Crippen molar-refractivity contribution >= 4 is 12.4 Å². The SMILES string of the molecule is CCOc1cc(CN2CCCCC2CN)ccc1OC(F)F.Cl. The second-order valence-electron chi connectivity index (χ2n) is 5.45. The lowest BCUT2D eigenvalue weighted by Gasteiger charge is -2.35. The Morgan fingerprint density at radius 1 is 1.30 bits per heavy atom. The zero-order valence-corrected chi connectivity index (χ0v) is 14.2. The lowest BCUT2D eigenvalue weighted by molar-refractivity contribution is -0.0514. The zero-order valence-electron chi connectivity index (χ0n) is 13.3. The van der Waals surface area contributed by atoms with Crippen molar-refractivity contribution in [1.82, 2.24) is 4.90 Å². The van der Waals surface area contributed by atoms with Crippen LogP contribution < -0.4 is 15.2 Å². The van der Waals surface area contributed by atoms with Gasteiger partial charge in [0.1, 0.15) is 0 Å². The summed E-state index contributed by atoms with van der Waals surface area (Å²) < 4.78 is 34.7. The van der Waals surface area contributed by atoms with Gasteiger partial charge in [-0.2, -0.15) is 8.78 Å². The van der Waals surface area contributed by atoms with Gasteiger partial charge in [-0.05, 0) is 44.0 Å². The maximum absolute atomic E-state index is 12.4. The number of hydrogen-bond donors (Lipinski definition) is 1. The largest absolute Gasteiger partial charge is 0.490 e. The molecule has 4 nitrogen and oxygen atoms in total. The molecule has 0 spiro atoms. The molecule has 0 amide bonds. The van der Waals surface area contributed by atoms with Crippen molar-refractivity contribution in [3.8, 4) is 11.5 Å². The lowest BCUT2D eigenvalue weighted by atomic mass is 10.0. The molecule has 1 aromatic carbocycles. The summed E-state index contributed by atoms with van der Waals surface area (Å²) in [4.78, 5) is 2.35. The summed E-state index contributed by atoms with van der Waals surface area (Å²) in [5, 5.41) is 0. The van der Waals surface area contributed by atoms with Gasteiger partial charge in [0.15, 0.2) is 11.5 Å². The van der Waals surface area contributed by atoms with Crippen LogP contribution in [-0.2, 0) is 6.54 Å². The summed E-state index contributed by atoms with van der Waals surface area (Å²) in [5.41, 5.74) is 6.85. The van der Waals surface area contributed by atoms with Gasteiger partial charge in [-0.25, -0.2) is 0 Å². The van der Waals surface area contributed by atoms with Crippen molar-refractivity contribution in [1.29, 1.82) is 0 Å². The van der Waals surface area contributed by atoms with Crippen LogP contribution in [0.2, 0.25) is 0 Å². The topological polar surface area (TPSA) is 47.7 Å². The average molecular weight is 351 g/mol. The van der Waals surface area contributed by atoms with E-state index in [9.17, 15) is 8.78 Å². The maximum atomic E-state index is 12.4. The molecule has 1 fully saturated rings. The van der Waals surface area contributed by atoms with Gasteiger partial charge in [-0.3, -0.25) is 4.90 Å². The fraction of sp³-hybridized carbons (Fsp3) is 0.625. The van der Waals surface area contributed by atoms with E-state index in [-0.39, 0.29) is 18.2 Å². The molecule has 1 atom stereocenters. The van der Waals surface area contributed by atoms with E-state index in [1.54, 1.807) is 12.1 Å². The van der Waals surface area contributed by atoms with E-state index in [0.29, 0.717) is 24.9 Å². The third kappa shape index (κ3) is 5.79. The molecule has 132 valence electrons. The quantitative estimate of drug-likeness (QED) is 0.818. The van der Waals surface area contributed by atoms with Crippen molar-refractivity contribution in [2.75, 3.05) is 19.7 Å². The molecule has 2 rings (SSSR count). The van der Waals surface area contributed by atoms with E-state index in [4.69, 9.17) is 10.5 Å². The Balaban J connectivity index is 0.00000264. The molecule has 1 aromatic rings. The molecular weight excluding hydrogens is 326 g/mol. The number of hydrogen-bond acceptors (Lipinski definition) is 4. The number of rotatable bonds is 7. The lowest BCUT2D eigenvalue weighted by Crippen LogP contribution is -2.43. The van der Waals surface area contributed by atoms with Gasteiger partial charge in [-0.15, -0.1) is 12.4 Å². The van der Waals surface area contributed by atoms with Gasteiger partial charge in [0.2, 0.25) is 0 Å². The maximum Gasteiger partial charge on any atom is 0.387 e. The molecular formula is C16H25ClF2N2O2. The number of nitrogens with zero attached hydrogens (tertiary/aromatic N) is 1. The van der Waals surface area contributed by atoms with Crippen molar-refractivity contribution in [3.05, 3.63) is 23.8 Å². The van der Waals surface area contributed by atoms with Gasteiger partial charge in [0, 0.05) is 19.1 Å². The summed E-state index contributed by atoms with van der Waals surface area (Å²) in [5.74, 6) is 0.441. The fourth-order valence-corrected chi connectivity index (χ4v) is 2.88. The van der Waals surface area contributed by atoms with Gasteiger partial charge < -0.3 is 15.2 Å². The van der Waals surface area contributed by atoms with Crippen LogP contribution in [0.25, 0.3) is 0 Å². The summed E-state index contributed by atoms with van der Waals surface area (Å²) in [6.45, 7) is 1.77. The van der Waals surface area contributed by atoms with Crippen LogP contribution in [-0.4, -0.2) is 37.2 Å². The molecule has 0 aromatic heterocycles. The number of nitrogens with two attached hydrogens (primary N) is 1. The summed E-state index contributed by atoms with van der Waals surface area (Å²) in [7, 11) is 0. The molecule has 1 unspecified atom stereocenters. The number of alkyl halides is 2. The highest BCUT2D eigenvalue weighted by Gasteiger charge is 2.21. The number of piperidine rings is 1. The average Bonchev–Trinajstić information content (AvgIpc) is 2.50. The molecule has 7 heteroatoms. The van der Waals surface area contributed by atoms with Gasteiger partial charge in [0.05, 0.1) is 6.61 Å². The minimum Gasteiger partial charge on any atom is -0.490 e. The molecule has 1 aliphatic rings. The Morgan fingerprint density at radius 2 is 2.09 bits per heavy atom. The molecule has 1 saturated heterocycles. The Kier molecular flexibility index (Phi) is 8.58. The molecule has 2 N–H and O–H groups in total. The zero-order chi connectivity index (χ0) is 15.9. The van der Waals surface area contributed by atoms with Crippen molar-refractivity contribution in [2.45, 2.75) is 45.4 Å². The number of benzene rings is 1. The molecule has 1 aliphatic heterocycles. The summed E-state index contributed by atoms with van der Waals surface area (Å²) >= 11 is 0. The van der Waals surface area contributed by atoms with Gasteiger partial charge in [0.25, 0.3) is 0 Å². The van der Waals surface area contributed by atoms with E-state index >= 15 is 0 Å². The van der Waals surface area contributed by atoms with E-state index in [2.05, 4.69) is 9.64 Å². The van der Waals surface area contributed by atoms with Crippen LogP contribution in [0.4, 0.5) is 8.78 Å². The molecule has 0 aliphatic carbocycles. The van der Waals surface area contributed by atoms with Crippen molar-refractivity contribution < 1.29 is 18.3 Å². The van der Waals surface area contributed by atoms with Crippen molar-refractivity contribution in [2.24, 2.45) is 5.73 Å². The number of ether oxygens (including phenoxy) is 2. The molecule has 1 heterocycles. The van der Waals surface area contributed by atoms with E-state index in [0.717, 1.165) is 25.1 Å². The summed E-state index contributed by atoms with van der Waals surface area (Å²) in [6.07, 6.45) is 3.49. The van der Waals surface area contributed by atoms with Crippen LogP contribution in [0.15, 0.2) is 18.2 Å². The number of likely N-dealkylation sites (tertiary alicyclic amines) is 1. The molecule has 0 bridgehead atoms. The van der Waals surface area contributed by atoms with Crippen LogP contribution >= 0.6 is 12.4 Å². The smallest absolute Gasteiger partial charge is 0.387 e. The van der Waals surface area contributed by atoms with Crippen LogP contribution in [0, 0.1) is 0 Å². The van der Waals surface area contributed by atoms with E-state index in [1.807, 2.05) is 13.0 Å². The minimum absolute atomic E-state index is 0. The van der Waals surface area contributed by atoms with E-state index in [1.165, 1.54) is 12.8 Å². The first-order chi connectivity index (χ1) is 10.6. The number of halogens is 3. The second kappa shape index (κ2) is 9.90. The highest BCUT2D eigenvalue weighted by molar-refractivity contribution is 5.85. The van der Waals surface area contributed by atoms with Crippen LogP contribution in [0.3, 0.4) is 0 Å². The highest BCUT2D eigenvalue weighted by Crippen LogP contribution is 2.31. The third-order valence-electron chi connectivity index (χ3n) is 3.93.